The Bertz CT molecular complexity index is 340. The van der Waals surface area contributed by atoms with E-state index in [1.54, 1.807) is 0 Å². The number of aliphatic hydroxyl groups excluding tert-OH is 1. The van der Waals surface area contributed by atoms with Crippen LogP contribution in [0.2, 0.25) is 0 Å². The van der Waals surface area contributed by atoms with Crippen molar-refractivity contribution in [3.8, 4) is 0 Å². The van der Waals surface area contributed by atoms with E-state index in [2.05, 4.69) is 39.5 Å². The van der Waals surface area contributed by atoms with E-state index >= 15 is 0 Å². The van der Waals surface area contributed by atoms with E-state index in [1.165, 1.54) is 12.8 Å². The van der Waals surface area contributed by atoms with Gasteiger partial charge in [0.2, 0.25) is 0 Å². The predicted octanol–water partition coefficient (Wildman–Crippen LogP) is 3.98. The van der Waals surface area contributed by atoms with Crippen LogP contribution in [0, 0.1) is 23.2 Å². The van der Waals surface area contributed by atoms with Crippen molar-refractivity contribution in [2.24, 2.45) is 23.2 Å². The quantitative estimate of drug-likeness (QED) is 0.816. The summed E-state index contributed by atoms with van der Waals surface area (Å²) in [5, 5.41) is 10.3. The van der Waals surface area contributed by atoms with Crippen molar-refractivity contribution in [2.45, 2.75) is 72.5 Å². The monoisotopic (exact) mass is 347 g/mol. The molecule has 3 nitrogen and oxygen atoms in total. The van der Waals surface area contributed by atoms with Crippen LogP contribution in [-0.2, 0) is 4.74 Å². The molecule has 1 aliphatic heterocycles. The molecule has 138 valence electrons. The summed E-state index contributed by atoms with van der Waals surface area (Å²) in [6.45, 7) is 15.1. The smallest absolute Gasteiger partial charge is 0.0900 e. The van der Waals surface area contributed by atoms with Gasteiger partial charge in [-0.05, 0) is 48.9 Å². The maximum atomic E-state index is 10.3. The fraction of sp³-hybridized carbons (Fsp3) is 1.00. The van der Waals surface area contributed by atoms with Crippen molar-refractivity contribution in [3.63, 3.8) is 0 Å². The van der Waals surface area contributed by atoms with E-state index in [4.69, 9.17) is 4.74 Å². The molecule has 4 heteroatoms. The summed E-state index contributed by atoms with van der Waals surface area (Å²) in [7, 11) is 0. The van der Waals surface area contributed by atoms with Gasteiger partial charge < -0.3 is 14.7 Å². The molecule has 5 atom stereocenters. The summed E-state index contributed by atoms with van der Waals surface area (Å²) in [6.07, 6.45) is 4.86. The van der Waals surface area contributed by atoms with Crippen molar-refractivity contribution in [3.05, 3.63) is 0 Å². The summed E-state index contributed by atoms with van der Waals surface area (Å²) in [6, 6.07) is 0. The Balaban J connectivity index is 0.00000264. The molecule has 0 radical (unpaired) electrons. The van der Waals surface area contributed by atoms with Crippen LogP contribution >= 0.6 is 12.4 Å². The lowest BCUT2D eigenvalue weighted by Crippen LogP contribution is -2.44. The Kier molecular flexibility index (Phi) is 8.33. The van der Waals surface area contributed by atoms with E-state index in [0.717, 1.165) is 50.2 Å². The standard InChI is InChI=1S/C19H37NO2.ClH/c1-14-7-18(9-19(4,5)8-14)22-13-17(21)12-20-10-15(2)6-16(3)11-20;/h14-18,21H,6-13H2,1-5H3;1H. The zero-order chi connectivity index (χ0) is 16.3. The molecule has 1 N–H and O–H groups in total. The van der Waals surface area contributed by atoms with Gasteiger partial charge in [0.1, 0.15) is 0 Å². The maximum Gasteiger partial charge on any atom is 0.0900 e. The fourth-order valence-corrected chi connectivity index (χ4v) is 4.92. The minimum atomic E-state index is -0.349. The number of ether oxygens (including phenoxy) is 1. The number of nitrogens with zero attached hydrogens (tertiary/aromatic N) is 1. The van der Waals surface area contributed by atoms with Gasteiger partial charge >= 0.3 is 0 Å². The van der Waals surface area contributed by atoms with Crippen LogP contribution in [0.25, 0.3) is 0 Å². The lowest BCUT2D eigenvalue weighted by Gasteiger charge is -2.39. The Hall–Kier alpha value is 0.170. The molecule has 1 heterocycles. The zero-order valence-electron chi connectivity index (χ0n) is 15.8. The van der Waals surface area contributed by atoms with Gasteiger partial charge in [-0.2, -0.15) is 0 Å². The topological polar surface area (TPSA) is 32.7 Å². The second-order valence-electron chi connectivity index (χ2n) is 9.19. The van der Waals surface area contributed by atoms with Gasteiger partial charge in [-0.3, -0.25) is 0 Å². The zero-order valence-corrected chi connectivity index (χ0v) is 16.6. The van der Waals surface area contributed by atoms with Gasteiger partial charge in [-0.1, -0.05) is 34.6 Å². The second-order valence-corrected chi connectivity index (χ2v) is 9.19. The number of rotatable bonds is 5. The first-order valence-electron chi connectivity index (χ1n) is 9.25. The molecule has 1 saturated carbocycles. The van der Waals surface area contributed by atoms with Gasteiger partial charge in [-0.15, -0.1) is 12.4 Å². The molecule has 0 aromatic heterocycles. The number of halogens is 1. The lowest BCUT2D eigenvalue weighted by atomic mass is 9.71. The molecule has 0 amide bonds. The molecule has 0 spiro atoms. The van der Waals surface area contributed by atoms with Crippen molar-refractivity contribution >= 4 is 12.4 Å². The highest BCUT2D eigenvalue weighted by Gasteiger charge is 2.33. The van der Waals surface area contributed by atoms with Crippen molar-refractivity contribution in [1.29, 1.82) is 0 Å². The molecule has 0 aromatic carbocycles. The molecule has 2 rings (SSSR count). The van der Waals surface area contributed by atoms with Gasteiger partial charge in [0.25, 0.3) is 0 Å². The van der Waals surface area contributed by atoms with Crippen LogP contribution in [0.5, 0.6) is 0 Å². The third-order valence-corrected chi connectivity index (χ3v) is 5.28. The second kappa shape index (κ2) is 9.03. The Morgan fingerprint density at radius 2 is 1.65 bits per heavy atom. The van der Waals surface area contributed by atoms with Crippen LogP contribution in [0.15, 0.2) is 0 Å². The van der Waals surface area contributed by atoms with Crippen LogP contribution in [0.1, 0.15) is 60.3 Å². The van der Waals surface area contributed by atoms with E-state index in [9.17, 15) is 5.11 Å². The summed E-state index contributed by atoms with van der Waals surface area (Å²) in [5.41, 5.74) is 0.380. The Morgan fingerprint density at radius 1 is 1.04 bits per heavy atom. The average molecular weight is 348 g/mol. The highest BCUT2D eigenvalue weighted by atomic mass is 35.5. The SMILES string of the molecule is CC1CC(C)CN(CC(O)COC2CC(C)CC(C)(C)C2)C1.Cl. The third-order valence-electron chi connectivity index (χ3n) is 5.28. The van der Waals surface area contributed by atoms with Gasteiger partial charge in [-0.25, -0.2) is 0 Å². The summed E-state index contributed by atoms with van der Waals surface area (Å²) in [5.74, 6) is 2.23. The van der Waals surface area contributed by atoms with Crippen LogP contribution in [0.4, 0.5) is 0 Å². The summed E-state index contributed by atoms with van der Waals surface area (Å²) in [4.78, 5) is 2.42. The number of aliphatic hydroxyl groups is 1. The van der Waals surface area contributed by atoms with Gasteiger partial charge in [0.15, 0.2) is 0 Å². The normalized spacial score (nSPS) is 36.3. The molecule has 1 aliphatic carbocycles. The Labute approximate surface area is 149 Å². The first kappa shape index (κ1) is 21.2. The first-order valence-corrected chi connectivity index (χ1v) is 9.25. The van der Waals surface area contributed by atoms with E-state index in [0.29, 0.717) is 18.1 Å². The average Bonchev–Trinajstić information content (AvgIpc) is 2.32. The molecular formula is C19H38ClNO2. The third kappa shape index (κ3) is 7.29. The number of hydrogen-bond donors (Lipinski definition) is 1. The van der Waals surface area contributed by atoms with Crippen LogP contribution < -0.4 is 0 Å². The minimum absolute atomic E-state index is 0. The summed E-state index contributed by atoms with van der Waals surface area (Å²) < 4.78 is 6.07. The maximum absolute atomic E-state index is 10.3. The summed E-state index contributed by atoms with van der Waals surface area (Å²) >= 11 is 0. The fourth-order valence-electron chi connectivity index (χ4n) is 4.92. The molecule has 23 heavy (non-hydrogen) atoms. The molecule has 0 bridgehead atoms. The van der Waals surface area contributed by atoms with Gasteiger partial charge in [0, 0.05) is 19.6 Å². The van der Waals surface area contributed by atoms with E-state index in [-0.39, 0.29) is 18.5 Å². The number of piperidine rings is 1. The lowest BCUT2D eigenvalue weighted by molar-refractivity contribution is -0.0641. The molecule has 5 unspecified atom stereocenters. The largest absolute Gasteiger partial charge is 0.389 e. The Morgan fingerprint density at radius 3 is 2.22 bits per heavy atom. The highest BCUT2D eigenvalue weighted by molar-refractivity contribution is 5.85. The number of hydrogen-bond acceptors (Lipinski definition) is 3. The van der Waals surface area contributed by atoms with E-state index in [1.807, 2.05) is 0 Å². The van der Waals surface area contributed by atoms with Gasteiger partial charge in [0.05, 0.1) is 18.8 Å². The molecule has 1 saturated heterocycles. The van der Waals surface area contributed by atoms with Crippen LogP contribution in [0.3, 0.4) is 0 Å². The minimum Gasteiger partial charge on any atom is -0.389 e. The molecular weight excluding hydrogens is 310 g/mol. The van der Waals surface area contributed by atoms with E-state index < -0.39 is 0 Å². The highest BCUT2D eigenvalue weighted by Crippen LogP contribution is 2.39. The predicted molar refractivity (Wildman–Crippen MR) is 99.2 cm³/mol. The molecule has 2 aliphatic rings. The van der Waals surface area contributed by atoms with Crippen molar-refractivity contribution in [1.82, 2.24) is 4.90 Å². The first-order chi connectivity index (χ1) is 10.2. The number of β-amino-alcohol motifs (C(OH)–C–C–N with tert-alkyl or cyclic N) is 1. The molecule has 0 aromatic rings. The van der Waals surface area contributed by atoms with Crippen molar-refractivity contribution in [2.75, 3.05) is 26.2 Å². The number of likely N-dealkylation sites (tertiary alicyclic amines) is 1. The van der Waals surface area contributed by atoms with Crippen LogP contribution in [-0.4, -0.2) is 48.5 Å². The van der Waals surface area contributed by atoms with Crippen molar-refractivity contribution < 1.29 is 9.84 Å². The molecule has 2 fully saturated rings.